The molecule has 0 saturated heterocycles. The summed E-state index contributed by atoms with van der Waals surface area (Å²) in [5.74, 6) is 0.839. The standard InChI is InChI=1S/C17H35N3O3/c1-6-17(7-2)14(13-15(17)23-8-3)20-16(18-4)19-9-10-22-12-11-21-5/h14-15H,6-13H2,1-5H3,(H2,18,19,20). The fourth-order valence-corrected chi connectivity index (χ4v) is 3.43. The summed E-state index contributed by atoms with van der Waals surface area (Å²) < 4.78 is 16.3. The van der Waals surface area contributed by atoms with E-state index in [9.17, 15) is 0 Å². The summed E-state index contributed by atoms with van der Waals surface area (Å²) >= 11 is 0. The fourth-order valence-electron chi connectivity index (χ4n) is 3.43. The third-order valence-electron chi connectivity index (χ3n) is 4.97. The van der Waals surface area contributed by atoms with Crippen LogP contribution in [0.25, 0.3) is 0 Å². The van der Waals surface area contributed by atoms with Gasteiger partial charge in [0.1, 0.15) is 0 Å². The minimum absolute atomic E-state index is 0.211. The maximum Gasteiger partial charge on any atom is 0.191 e. The molecule has 1 aliphatic rings. The van der Waals surface area contributed by atoms with E-state index in [1.807, 2.05) is 0 Å². The van der Waals surface area contributed by atoms with Crippen LogP contribution in [0.3, 0.4) is 0 Å². The second-order valence-electron chi connectivity index (χ2n) is 5.92. The zero-order valence-corrected chi connectivity index (χ0v) is 15.5. The zero-order chi connectivity index (χ0) is 17.1. The lowest BCUT2D eigenvalue weighted by molar-refractivity contribution is -0.133. The molecule has 0 aromatic carbocycles. The normalized spacial score (nSPS) is 23.4. The van der Waals surface area contributed by atoms with Gasteiger partial charge < -0.3 is 24.8 Å². The van der Waals surface area contributed by atoms with E-state index in [0.29, 0.717) is 32.0 Å². The van der Waals surface area contributed by atoms with Gasteiger partial charge in [0, 0.05) is 38.8 Å². The second kappa shape index (κ2) is 10.8. The van der Waals surface area contributed by atoms with Gasteiger partial charge in [0.05, 0.1) is 25.9 Å². The predicted octanol–water partition coefficient (Wildman–Crippen LogP) is 1.80. The van der Waals surface area contributed by atoms with Gasteiger partial charge in [-0.25, -0.2) is 0 Å². The van der Waals surface area contributed by atoms with Gasteiger partial charge in [-0.2, -0.15) is 0 Å². The first kappa shape index (κ1) is 20.2. The Bertz CT molecular complexity index is 346. The van der Waals surface area contributed by atoms with E-state index in [1.54, 1.807) is 14.2 Å². The van der Waals surface area contributed by atoms with Gasteiger partial charge in [-0.05, 0) is 26.2 Å². The Morgan fingerprint density at radius 3 is 2.48 bits per heavy atom. The number of guanidine groups is 1. The monoisotopic (exact) mass is 329 g/mol. The van der Waals surface area contributed by atoms with E-state index < -0.39 is 0 Å². The summed E-state index contributed by atoms with van der Waals surface area (Å²) in [4.78, 5) is 4.32. The first-order valence-electron chi connectivity index (χ1n) is 8.83. The van der Waals surface area contributed by atoms with Gasteiger partial charge in [0.15, 0.2) is 5.96 Å². The van der Waals surface area contributed by atoms with Crippen LogP contribution in [0.1, 0.15) is 40.0 Å². The van der Waals surface area contributed by atoms with Crippen LogP contribution in [0, 0.1) is 5.41 Å². The van der Waals surface area contributed by atoms with Crippen molar-refractivity contribution in [3.05, 3.63) is 0 Å². The smallest absolute Gasteiger partial charge is 0.191 e. The zero-order valence-electron chi connectivity index (χ0n) is 15.5. The van der Waals surface area contributed by atoms with Gasteiger partial charge in [0.2, 0.25) is 0 Å². The topological polar surface area (TPSA) is 64.1 Å². The van der Waals surface area contributed by atoms with Crippen molar-refractivity contribution in [2.75, 3.05) is 47.1 Å². The minimum Gasteiger partial charge on any atom is -0.382 e. The van der Waals surface area contributed by atoms with Crippen LogP contribution in [-0.4, -0.2) is 65.2 Å². The van der Waals surface area contributed by atoms with Gasteiger partial charge >= 0.3 is 0 Å². The van der Waals surface area contributed by atoms with Crippen molar-refractivity contribution in [3.63, 3.8) is 0 Å². The summed E-state index contributed by atoms with van der Waals surface area (Å²) in [6, 6.07) is 0.412. The van der Waals surface area contributed by atoms with E-state index in [4.69, 9.17) is 14.2 Å². The Hall–Kier alpha value is -0.850. The molecule has 1 saturated carbocycles. The van der Waals surface area contributed by atoms with Crippen molar-refractivity contribution in [2.45, 2.75) is 52.2 Å². The summed E-state index contributed by atoms with van der Waals surface area (Å²) in [5.41, 5.74) is 0.211. The SMILES string of the molecule is CCOC1CC(NC(=NC)NCCOCCOC)C1(CC)CC. The molecule has 0 radical (unpaired) electrons. The average molecular weight is 329 g/mol. The number of hydrogen-bond donors (Lipinski definition) is 2. The van der Waals surface area contributed by atoms with E-state index in [1.165, 1.54) is 0 Å². The molecule has 0 bridgehead atoms. The lowest BCUT2D eigenvalue weighted by atomic mass is 9.58. The van der Waals surface area contributed by atoms with Crippen LogP contribution in [0.2, 0.25) is 0 Å². The number of nitrogens with one attached hydrogen (secondary N) is 2. The Labute approximate surface area is 141 Å². The Kier molecular flexibility index (Phi) is 9.52. The molecule has 136 valence electrons. The summed E-state index contributed by atoms with van der Waals surface area (Å²) in [5, 5.41) is 6.88. The summed E-state index contributed by atoms with van der Waals surface area (Å²) in [6.45, 7) is 9.98. The number of methoxy groups -OCH3 is 1. The third kappa shape index (κ3) is 5.33. The molecule has 0 aliphatic heterocycles. The lowest BCUT2D eigenvalue weighted by Gasteiger charge is -2.55. The van der Waals surface area contributed by atoms with E-state index in [2.05, 4.69) is 36.4 Å². The molecule has 6 heteroatoms. The predicted molar refractivity (Wildman–Crippen MR) is 94.0 cm³/mol. The van der Waals surface area contributed by atoms with E-state index >= 15 is 0 Å². The van der Waals surface area contributed by atoms with Crippen LogP contribution < -0.4 is 10.6 Å². The van der Waals surface area contributed by atoms with Crippen molar-refractivity contribution in [3.8, 4) is 0 Å². The molecule has 23 heavy (non-hydrogen) atoms. The Balaban J connectivity index is 2.40. The largest absolute Gasteiger partial charge is 0.382 e. The molecule has 0 aromatic rings. The number of hydrogen-bond acceptors (Lipinski definition) is 4. The summed E-state index contributed by atoms with van der Waals surface area (Å²) in [7, 11) is 3.48. The highest BCUT2D eigenvalue weighted by Gasteiger charge is 2.53. The maximum atomic E-state index is 5.92. The molecular formula is C17H35N3O3. The van der Waals surface area contributed by atoms with Gasteiger partial charge in [-0.15, -0.1) is 0 Å². The van der Waals surface area contributed by atoms with Gasteiger partial charge in [-0.1, -0.05) is 13.8 Å². The van der Waals surface area contributed by atoms with E-state index in [0.717, 1.165) is 38.4 Å². The molecule has 0 aromatic heterocycles. The van der Waals surface area contributed by atoms with Gasteiger partial charge in [0.25, 0.3) is 0 Å². The van der Waals surface area contributed by atoms with Crippen molar-refractivity contribution >= 4 is 5.96 Å². The Morgan fingerprint density at radius 1 is 1.17 bits per heavy atom. The second-order valence-corrected chi connectivity index (χ2v) is 5.92. The number of nitrogens with zero attached hydrogens (tertiary/aromatic N) is 1. The van der Waals surface area contributed by atoms with Crippen molar-refractivity contribution < 1.29 is 14.2 Å². The van der Waals surface area contributed by atoms with Crippen LogP contribution in [0.15, 0.2) is 4.99 Å². The average Bonchev–Trinajstić information content (AvgIpc) is 2.56. The first-order chi connectivity index (χ1) is 11.2. The number of ether oxygens (including phenoxy) is 3. The molecule has 1 aliphatic carbocycles. The molecule has 2 unspecified atom stereocenters. The quantitative estimate of drug-likeness (QED) is 0.344. The molecule has 0 heterocycles. The van der Waals surface area contributed by atoms with E-state index in [-0.39, 0.29) is 5.41 Å². The van der Waals surface area contributed by atoms with Crippen molar-refractivity contribution in [1.82, 2.24) is 10.6 Å². The van der Waals surface area contributed by atoms with Crippen molar-refractivity contribution in [2.24, 2.45) is 10.4 Å². The molecular weight excluding hydrogens is 294 g/mol. The third-order valence-corrected chi connectivity index (χ3v) is 4.97. The highest BCUT2D eigenvalue weighted by molar-refractivity contribution is 5.80. The number of aliphatic imine (C=N–C) groups is 1. The highest BCUT2D eigenvalue weighted by atomic mass is 16.5. The summed E-state index contributed by atoms with van der Waals surface area (Å²) in [6.07, 6.45) is 3.63. The molecule has 1 fully saturated rings. The lowest BCUT2D eigenvalue weighted by Crippen LogP contribution is -2.65. The molecule has 0 spiro atoms. The highest BCUT2D eigenvalue weighted by Crippen LogP contribution is 2.48. The molecule has 2 N–H and O–H groups in total. The fraction of sp³-hybridized carbons (Fsp3) is 0.941. The van der Waals surface area contributed by atoms with Crippen LogP contribution in [0.4, 0.5) is 0 Å². The first-order valence-corrected chi connectivity index (χ1v) is 8.83. The van der Waals surface area contributed by atoms with Crippen LogP contribution >= 0.6 is 0 Å². The van der Waals surface area contributed by atoms with Crippen LogP contribution in [0.5, 0.6) is 0 Å². The maximum absolute atomic E-state index is 5.92. The molecule has 1 rings (SSSR count). The van der Waals surface area contributed by atoms with Crippen LogP contribution in [-0.2, 0) is 14.2 Å². The molecule has 6 nitrogen and oxygen atoms in total. The molecule has 0 amide bonds. The minimum atomic E-state index is 0.211. The van der Waals surface area contributed by atoms with Gasteiger partial charge in [-0.3, -0.25) is 4.99 Å². The van der Waals surface area contributed by atoms with Crippen molar-refractivity contribution in [1.29, 1.82) is 0 Å². The Morgan fingerprint density at radius 2 is 1.91 bits per heavy atom. The number of rotatable bonds is 11. The molecule has 2 atom stereocenters.